The largest absolute Gasteiger partial charge is 0.426 e. The number of hydrogen-bond acceptors (Lipinski definition) is 7. The predicted molar refractivity (Wildman–Crippen MR) is 90.5 cm³/mol. The van der Waals surface area contributed by atoms with Crippen LogP contribution in [0.1, 0.15) is 6.42 Å². The number of esters is 1. The Bertz CT molecular complexity index is 1090. The molecule has 0 saturated heterocycles. The molecule has 0 saturated carbocycles. The first-order valence-corrected chi connectivity index (χ1v) is 7.86. The number of rotatable bonds is 5. The topological polar surface area (TPSA) is 100 Å². The minimum atomic E-state index is -0.497. The highest BCUT2D eigenvalue weighted by atomic mass is 16.5. The van der Waals surface area contributed by atoms with Crippen molar-refractivity contribution in [3.8, 4) is 17.2 Å². The number of ether oxygens (including phenoxy) is 1. The number of para-hydroxylation sites is 2. The summed E-state index contributed by atoms with van der Waals surface area (Å²) in [5.74, 6) is -0.174. The molecular formula is C18H13N3O5. The van der Waals surface area contributed by atoms with Crippen LogP contribution in [-0.2, 0) is 11.3 Å². The third kappa shape index (κ3) is 3.12. The van der Waals surface area contributed by atoms with Crippen molar-refractivity contribution in [2.45, 2.75) is 13.0 Å². The third-order valence-corrected chi connectivity index (χ3v) is 3.81. The number of aryl methyl sites for hydroxylation is 1. The van der Waals surface area contributed by atoms with E-state index in [9.17, 15) is 9.59 Å². The quantitative estimate of drug-likeness (QED) is 0.402. The Hall–Kier alpha value is -3.68. The molecule has 8 nitrogen and oxygen atoms in total. The lowest BCUT2D eigenvalue weighted by Gasteiger charge is -2.05. The first-order valence-electron chi connectivity index (χ1n) is 7.86. The molecule has 0 unspecified atom stereocenters. The zero-order valence-electron chi connectivity index (χ0n) is 13.5. The second-order valence-corrected chi connectivity index (χ2v) is 5.48. The van der Waals surface area contributed by atoms with Crippen LogP contribution in [0.2, 0.25) is 0 Å². The number of hydrogen-bond donors (Lipinski definition) is 0. The summed E-state index contributed by atoms with van der Waals surface area (Å²) in [5.41, 5.74) is 1.86. The molecule has 4 aromatic rings. The second kappa shape index (κ2) is 6.67. The highest BCUT2D eigenvalue weighted by Crippen LogP contribution is 2.20. The molecule has 0 atom stereocenters. The van der Waals surface area contributed by atoms with Gasteiger partial charge < -0.3 is 13.6 Å². The Labute approximate surface area is 146 Å². The van der Waals surface area contributed by atoms with Gasteiger partial charge in [-0.1, -0.05) is 12.1 Å². The van der Waals surface area contributed by atoms with Gasteiger partial charge in [0.2, 0.25) is 12.3 Å². The van der Waals surface area contributed by atoms with E-state index >= 15 is 0 Å². The van der Waals surface area contributed by atoms with Crippen molar-refractivity contribution in [1.82, 2.24) is 14.8 Å². The van der Waals surface area contributed by atoms with Crippen molar-refractivity contribution in [2.24, 2.45) is 0 Å². The van der Waals surface area contributed by atoms with Crippen LogP contribution in [0.15, 0.2) is 68.6 Å². The molecule has 2 aromatic carbocycles. The first kappa shape index (κ1) is 15.8. The zero-order chi connectivity index (χ0) is 17.9. The minimum Gasteiger partial charge on any atom is -0.426 e. The summed E-state index contributed by atoms with van der Waals surface area (Å²) < 4.78 is 16.9. The maximum atomic E-state index is 12.1. The maximum Gasteiger partial charge on any atom is 0.419 e. The van der Waals surface area contributed by atoms with Gasteiger partial charge in [-0.15, -0.1) is 10.2 Å². The van der Waals surface area contributed by atoms with E-state index in [0.717, 1.165) is 5.56 Å². The lowest BCUT2D eigenvalue weighted by atomic mass is 10.2. The van der Waals surface area contributed by atoms with Gasteiger partial charge in [-0.25, -0.2) is 4.79 Å². The molecule has 0 aliphatic rings. The van der Waals surface area contributed by atoms with Crippen LogP contribution in [-0.4, -0.2) is 20.7 Å². The SMILES string of the molecule is O=C(CCn1c(=O)oc2ccccc21)Oc1ccc(-c2nnco2)cc1. The fourth-order valence-electron chi connectivity index (χ4n) is 2.58. The highest BCUT2D eigenvalue weighted by Gasteiger charge is 2.12. The molecule has 0 radical (unpaired) electrons. The van der Waals surface area contributed by atoms with Crippen LogP contribution in [0.5, 0.6) is 5.75 Å². The molecule has 2 heterocycles. The van der Waals surface area contributed by atoms with Crippen molar-refractivity contribution < 1.29 is 18.4 Å². The number of carbonyl (C=O) groups excluding carboxylic acids is 1. The molecule has 0 aliphatic heterocycles. The predicted octanol–water partition coefficient (Wildman–Crippen LogP) is 2.64. The van der Waals surface area contributed by atoms with E-state index in [1.807, 2.05) is 0 Å². The van der Waals surface area contributed by atoms with Gasteiger partial charge in [-0.2, -0.15) is 0 Å². The van der Waals surface area contributed by atoms with Crippen LogP contribution in [0, 0.1) is 0 Å². The highest BCUT2D eigenvalue weighted by molar-refractivity contribution is 5.74. The molecule has 0 N–H and O–H groups in total. The van der Waals surface area contributed by atoms with Crippen molar-refractivity contribution in [3.05, 3.63) is 65.5 Å². The van der Waals surface area contributed by atoms with Crippen LogP contribution >= 0.6 is 0 Å². The van der Waals surface area contributed by atoms with E-state index in [1.54, 1.807) is 48.5 Å². The second-order valence-electron chi connectivity index (χ2n) is 5.48. The Morgan fingerprint density at radius 2 is 1.92 bits per heavy atom. The maximum absolute atomic E-state index is 12.1. The number of nitrogens with zero attached hydrogens (tertiary/aromatic N) is 3. The molecule has 26 heavy (non-hydrogen) atoms. The van der Waals surface area contributed by atoms with Gasteiger partial charge in [0.15, 0.2) is 5.58 Å². The molecule has 0 amide bonds. The van der Waals surface area contributed by atoms with Gasteiger partial charge >= 0.3 is 11.7 Å². The van der Waals surface area contributed by atoms with Crippen LogP contribution in [0.3, 0.4) is 0 Å². The van der Waals surface area contributed by atoms with E-state index in [-0.39, 0.29) is 13.0 Å². The Balaban J connectivity index is 1.41. The Morgan fingerprint density at radius 1 is 1.12 bits per heavy atom. The molecule has 8 heteroatoms. The number of benzene rings is 2. The van der Waals surface area contributed by atoms with E-state index < -0.39 is 11.7 Å². The van der Waals surface area contributed by atoms with Crippen LogP contribution in [0.4, 0.5) is 0 Å². The van der Waals surface area contributed by atoms with Crippen LogP contribution in [0.25, 0.3) is 22.6 Å². The summed E-state index contributed by atoms with van der Waals surface area (Å²) >= 11 is 0. The molecular weight excluding hydrogens is 338 g/mol. The number of fused-ring (bicyclic) bond motifs is 1. The molecule has 0 fully saturated rings. The fourth-order valence-corrected chi connectivity index (χ4v) is 2.58. The average Bonchev–Trinajstić information content (AvgIpc) is 3.28. The van der Waals surface area contributed by atoms with Gasteiger partial charge in [0.1, 0.15) is 5.75 Å². The smallest absolute Gasteiger partial charge is 0.419 e. The van der Waals surface area contributed by atoms with Crippen molar-refractivity contribution in [1.29, 1.82) is 0 Å². The molecule has 2 aromatic heterocycles. The minimum absolute atomic E-state index is 0.0366. The molecule has 0 spiro atoms. The molecule has 0 aliphatic carbocycles. The van der Waals surface area contributed by atoms with Gasteiger partial charge in [0, 0.05) is 12.1 Å². The van der Waals surface area contributed by atoms with Crippen LogP contribution < -0.4 is 10.5 Å². The van der Waals surface area contributed by atoms with Crippen molar-refractivity contribution >= 4 is 17.1 Å². The third-order valence-electron chi connectivity index (χ3n) is 3.81. The van der Waals surface area contributed by atoms with E-state index in [2.05, 4.69) is 10.2 Å². The summed E-state index contributed by atoms with van der Waals surface area (Å²) in [6.45, 7) is 0.175. The number of aromatic nitrogens is 3. The van der Waals surface area contributed by atoms with Crippen molar-refractivity contribution in [3.63, 3.8) is 0 Å². The summed E-state index contributed by atoms with van der Waals surface area (Å²) in [6, 6.07) is 13.7. The number of carbonyl (C=O) groups is 1. The zero-order valence-corrected chi connectivity index (χ0v) is 13.5. The standard InChI is InChI=1S/C18H13N3O5/c22-16(9-10-21-14-3-1-2-4-15(14)26-18(21)23)25-13-7-5-12(6-8-13)17-20-19-11-24-17/h1-8,11H,9-10H2. The Kier molecular flexibility index (Phi) is 4.06. The van der Waals surface area contributed by atoms with Gasteiger partial charge in [-0.05, 0) is 36.4 Å². The fraction of sp³-hybridized carbons (Fsp3) is 0.111. The lowest BCUT2D eigenvalue weighted by Crippen LogP contribution is -2.18. The van der Waals surface area contributed by atoms with Gasteiger partial charge in [0.05, 0.1) is 11.9 Å². The summed E-state index contributed by atoms with van der Waals surface area (Å²) in [4.78, 5) is 23.9. The van der Waals surface area contributed by atoms with E-state index in [0.29, 0.717) is 22.7 Å². The average molecular weight is 351 g/mol. The summed E-state index contributed by atoms with van der Waals surface area (Å²) in [6.07, 6.45) is 1.28. The normalized spacial score (nSPS) is 10.9. The lowest BCUT2D eigenvalue weighted by molar-refractivity contribution is -0.134. The Morgan fingerprint density at radius 3 is 2.69 bits per heavy atom. The van der Waals surface area contributed by atoms with Gasteiger partial charge in [-0.3, -0.25) is 9.36 Å². The van der Waals surface area contributed by atoms with Crippen molar-refractivity contribution in [2.75, 3.05) is 0 Å². The molecule has 4 rings (SSSR count). The van der Waals surface area contributed by atoms with Gasteiger partial charge in [0.25, 0.3) is 0 Å². The first-order chi connectivity index (χ1) is 12.7. The van der Waals surface area contributed by atoms with E-state index in [1.165, 1.54) is 11.0 Å². The van der Waals surface area contributed by atoms with E-state index in [4.69, 9.17) is 13.6 Å². The summed E-state index contributed by atoms with van der Waals surface area (Å²) in [5, 5.41) is 7.41. The monoisotopic (exact) mass is 351 g/mol. The number of oxazole rings is 1. The molecule has 0 bridgehead atoms. The molecule has 130 valence electrons. The summed E-state index contributed by atoms with van der Waals surface area (Å²) in [7, 11) is 0.